The van der Waals surface area contributed by atoms with Crippen LogP contribution in [-0.2, 0) is 11.3 Å². The zero-order valence-corrected chi connectivity index (χ0v) is 12.9. The van der Waals surface area contributed by atoms with E-state index in [1.807, 2.05) is 11.0 Å². The molecule has 0 aromatic heterocycles. The van der Waals surface area contributed by atoms with E-state index in [1.165, 1.54) is 13.0 Å². The molecule has 0 bridgehead atoms. The number of carbonyl (C=O) groups is 1. The van der Waals surface area contributed by atoms with Crippen LogP contribution in [0.5, 0.6) is 0 Å². The van der Waals surface area contributed by atoms with Gasteiger partial charge in [-0.15, -0.1) is 0 Å². The van der Waals surface area contributed by atoms with E-state index in [1.54, 1.807) is 6.07 Å². The van der Waals surface area contributed by atoms with Crippen LogP contribution in [0.2, 0.25) is 0 Å². The van der Waals surface area contributed by atoms with Gasteiger partial charge < -0.3 is 20.6 Å². The summed E-state index contributed by atoms with van der Waals surface area (Å²) in [6, 6.07) is 5.12. The maximum atomic E-state index is 14.0. The van der Waals surface area contributed by atoms with Crippen LogP contribution in [0.4, 0.5) is 10.1 Å². The van der Waals surface area contributed by atoms with Crippen molar-refractivity contribution in [2.75, 3.05) is 31.1 Å². The number of anilines is 1. The number of aliphatic hydroxyl groups is 1. The van der Waals surface area contributed by atoms with E-state index in [-0.39, 0.29) is 17.8 Å². The maximum absolute atomic E-state index is 14.0. The molecule has 0 radical (unpaired) electrons. The summed E-state index contributed by atoms with van der Waals surface area (Å²) < 4.78 is 14.0. The summed E-state index contributed by atoms with van der Waals surface area (Å²) >= 11 is 0. The predicted molar refractivity (Wildman–Crippen MR) is 84.2 cm³/mol. The average molecular weight is 309 g/mol. The van der Waals surface area contributed by atoms with Crippen LogP contribution in [0.1, 0.15) is 25.3 Å². The normalized spacial score (nSPS) is 15.9. The van der Waals surface area contributed by atoms with Gasteiger partial charge >= 0.3 is 0 Å². The first-order chi connectivity index (χ1) is 10.6. The van der Waals surface area contributed by atoms with Crippen molar-refractivity contribution >= 4 is 11.6 Å². The van der Waals surface area contributed by atoms with E-state index in [4.69, 9.17) is 0 Å². The van der Waals surface area contributed by atoms with E-state index >= 15 is 0 Å². The Kier molecular flexibility index (Phi) is 6.15. The summed E-state index contributed by atoms with van der Waals surface area (Å²) in [5, 5.41) is 15.5. The fourth-order valence-electron chi connectivity index (χ4n) is 2.58. The van der Waals surface area contributed by atoms with Crippen LogP contribution < -0.4 is 15.5 Å². The molecule has 2 rings (SSSR count). The number of nitrogens with zero attached hydrogens (tertiary/aromatic N) is 1. The van der Waals surface area contributed by atoms with Crippen molar-refractivity contribution in [1.29, 1.82) is 0 Å². The van der Waals surface area contributed by atoms with Crippen LogP contribution >= 0.6 is 0 Å². The Bertz CT molecular complexity index is 502. The summed E-state index contributed by atoms with van der Waals surface area (Å²) in [6.45, 7) is 4.72. The Morgan fingerprint density at radius 1 is 1.36 bits per heavy atom. The van der Waals surface area contributed by atoms with Gasteiger partial charge in [-0.3, -0.25) is 4.79 Å². The lowest BCUT2D eigenvalue weighted by atomic mass is 10.1. The number of hydrogen-bond donors (Lipinski definition) is 3. The van der Waals surface area contributed by atoms with Gasteiger partial charge in [0.25, 0.3) is 0 Å². The Labute approximate surface area is 130 Å². The third-order valence-electron chi connectivity index (χ3n) is 3.82. The smallest absolute Gasteiger partial charge is 0.216 e. The fourth-order valence-corrected chi connectivity index (χ4v) is 2.58. The molecule has 3 N–H and O–H groups in total. The van der Waals surface area contributed by atoms with Gasteiger partial charge in [-0.1, -0.05) is 6.07 Å². The zero-order valence-electron chi connectivity index (χ0n) is 12.9. The van der Waals surface area contributed by atoms with E-state index in [9.17, 15) is 14.3 Å². The van der Waals surface area contributed by atoms with Crippen LogP contribution in [-0.4, -0.2) is 43.3 Å². The van der Waals surface area contributed by atoms with Crippen molar-refractivity contribution in [1.82, 2.24) is 10.6 Å². The molecule has 5 nitrogen and oxygen atoms in total. The number of hydrogen-bond acceptors (Lipinski definition) is 4. The molecule has 1 fully saturated rings. The van der Waals surface area contributed by atoms with E-state index in [2.05, 4.69) is 10.6 Å². The summed E-state index contributed by atoms with van der Waals surface area (Å²) in [6.07, 6.45) is 1.09. The Morgan fingerprint density at radius 3 is 2.77 bits per heavy atom. The molecule has 0 atom stereocenters. The summed E-state index contributed by atoms with van der Waals surface area (Å²) in [5.74, 6) is -0.267. The first-order valence-electron chi connectivity index (χ1n) is 7.73. The van der Waals surface area contributed by atoms with Gasteiger partial charge in [-0.05, 0) is 30.5 Å². The predicted octanol–water partition coefficient (Wildman–Crippen LogP) is 1.01. The Hall–Kier alpha value is -1.66. The SMILES string of the molecule is CC(=O)NCCNCc1ccc(F)c(N2CCC(O)CC2)c1. The average Bonchev–Trinajstić information content (AvgIpc) is 2.49. The van der Waals surface area contributed by atoms with Gasteiger partial charge in [-0.2, -0.15) is 0 Å². The lowest BCUT2D eigenvalue weighted by Crippen LogP contribution is -2.36. The monoisotopic (exact) mass is 309 g/mol. The molecule has 1 aromatic carbocycles. The molecular formula is C16H24FN3O2. The van der Waals surface area contributed by atoms with E-state index in [0.29, 0.717) is 51.3 Å². The molecule has 0 saturated carbocycles. The number of nitrogens with one attached hydrogen (secondary N) is 2. The number of amides is 1. The summed E-state index contributed by atoms with van der Waals surface area (Å²) in [5.41, 5.74) is 1.61. The van der Waals surface area contributed by atoms with Crippen molar-refractivity contribution in [2.45, 2.75) is 32.4 Å². The van der Waals surface area contributed by atoms with E-state index in [0.717, 1.165) is 5.56 Å². The highest BCUT2D eigenvalue weighted by molar-refractivity contribution is 5.72. The summed E-state index contributed by atoms with van der Waals surface area (Å²) in [4.78, 5) is 12.7. The second-order valence-electron chi connectivity index (χ2n) is 5.66. The molecule has 0 unspecified atom stereocenters. The van der Waals surface area contributed by atoms with Crippen molar-refractivity contribution in [3.8, 4) is 0 Å². The van der Waals surface area contributed by atoms with Gasteiger partial charge in [-0.25, -0.2) is 4.39 Å². The molecule has 1 aliphatic heterocycles. The number of benzene rings is 1. The van der Waals surface area contributed by atoms with Gasteiger partial charge in [0.05, 0.1) is 11.8 Å². The molecule has 0 spiro atoms. The van der Waals surface area contributed by atoms with Crippen molar-refractivity contribution < 1.29 is 14.3 Å². The molecule has 1 saturated heterocycles. The number of aliphatic hydroxyl groups excluding tert-OH is 1. The highest BCUT2D eigenvalue weighted by Gasteiger charge is 2.19. The van der Waals surface area contributed by atoms with Crippen molar-refractivity contribution in [3.05, 3.63) is 29.6 Å². The minimum atomic E-state index is -0.266. The molecule has 122 valence electrons. The van der Waals surface area contributed by atoms with E-state index < -0.39 is 0 Å². The molecular weight excluding hydrogens is 285 g/mol. The zero-order chi connectivity index (χ0) is 15.9. The van der Waals surface area contributed by atoms with Gasteiger partial charge in [0.15, 0.2) is 0 Å². The number of piperidine rings is 1. The third kappa shape index (κ3) is 4.96. The Balaban J connectivity index is 1.88. The molecule has 22 heavy (non-hydrogen) atoms. The molecule has 1 aliphatic rings. The molecule has 6 heteroatoms. The van der Waals surface area contributed by atoms with Crippen LogP contribution in [0.3, 0.4) is 0 Å². The molecule has 0 aliphatic carbocycles. The molecule has 1 amide bonds. The third-order valence-corrected chi connectivity index (χ3v) is 3.82. The maximum Gasteiger partial charge on any atom is 0.216 e. The van der Waals surface area contributed by atoms with Crippen LogP contribution in [0.25, 0.3) is 0 Å². The molecule has 1 aromatic rings. The number of carbonyl (C=O) groups excluding carboxylic acids is 1. The van der Waals surface area contributed by atoms with Gasteiger partial charge in [0.2, 0.25) is 5.91 Å². The number of rotatable bonds is 6. The minimum absolute atomic E-state index is 0.0434. The van der Waals surface area contributed by atoms with Gasteiger partial charge in [0, 0.05) is 39.6 Å². The van der Waals surface area contributed by atoms with Crippen molar-refractivity contribution in [2.24, 2.45) is 0 Å². The first-order valence-corrected chi connectivity index (χ1v) is 7.73. The lowest BCUT2D eigenvalue weighted by Gasteiger charge is -2.32. The topological polar surface area (TPSA) is 64.6 Å². The first kappa shape index (κ1) is 16.7. The Morgan fingerprint density at radius 2 is 2.09 bits per heavy atom. The second kappa shape index (κ2) is 8.10. The number of halogens is 1. The largest absolute Gasteiger partial charge is 0.393 e. The van der Waals surface area contributed by atoms with Gasteiger partial charge in [0.1, 0.15) is 5.82 Å². The lowest BCUT2D eigenvalue weighted by molar-refractivity contribution is -0.118. The highest BCUT2D eigenvalue weighted by Crippen LogP contribution is 2.24. The minimum Gasteiger partial charge on any atom is -0.393 e. The highest BCUT2D eigenvalue weighted by atomic mass is 19.1. The van der Waals surface area contributed by atoms with Crippen LogP contribution in [0, 0.1) is 5.82 Å². The summed E-state index contributed by atoms with van der Waals surface area (Å²) in [7, 11) is 0. The standard InChI is InChI=1S/C16H24FN3O2/c1-12(21)19-7-6-18-11-13-2-3-15(17)16(10-13)20-8-4-14(22)5-9-20/h2-3,10,14,18,22H,4-9,11H2,1H3,(H,19,21). The van der Waals surface area contributed by atoms with Crippen LogP contribution in [0.15, 0.2) is 18.2 Å². The second-order valence-corrected chi connectivity index (χ2v) is 5.66. The molecule has 1 heterocycles. The van der Waals surface area contributed by atoms with Crippen molar-refractivity contribution in [3.63, 3.8) is 0 Å². The fraction of sp³-hybridized carbons (Fsp3) is 0.562. The quantitative estimate of drug-likeness (QED) is 0.686.